The molecular formula is C53H84N4O28. The average Bonchev–Trinajstić information content (AvgIpc) is 1.57. The Labute approximate surface area is 487 Å². The minimum absolute atomic E-state index is 0.0557. The van der Waals surface area contributed by atoms with Gasteiger partial charge in [-0.25, -0.2) is 0 Å². The molecule has 15 N–H and O–H groups in total. The topological polar surface area (TPSA) is 466 Å². The van der Waals surface area contributed by atoms with Gasteiger partial charge in [-0.1, -0.05) is 13.8 Å². The van der Waals surface area contributed by atoms with E-state index in [0.29, 0.717) is 13.1 Å². The van der Waals surface area contributed by atoms with Gasteiger partial charge < -0.3 is 124 Å². The summed E-state index contributed by atoms with van der Waals surface area (Å²) in [7, 11) is 0. The molecule has 10 aliphatic rings. The minimum atomic E-state index is -1.77. The number of aliphatic hydroxyl groups excluding tert-OH is 14. The number of carbonyl (C=O) groups excluding carboxylic acids is 4. The second-order valence-corrected chi connectivity index (χ2v) is 24.6. The van der Waals surface area contributed by atoms with Crippen LogP contribution in [0.4, 0.5) is 0 Å². The van der Waals surface area contributed by atoms with Gasteiger partial charge in [0.15, 0.2) is 25.2 Å². The number of nitrogens with zero attached hydrogens (tertiary/aromatic N) is 3. The van der Waals surface area contributed by atoms with Crippen molar-refractivity contribution in [2.24, 2.45) is 47.3 Å². The molecule has 4 bridgehead atoms. The molecule has 10 heterocycles. The Hall–Kier alpha value is -2.76. The van der Waals surface area contributed by atoms with Crippen LogP contribution in [0.2, 0.25) is 0 Å². The third kappa shape index (κ3) is 12.1. The van der Waals surface area contributed by atoms with Crippen molar-refractivity contribution in [1.29, 1.82) is 0 Å². The third-order valence-electron chi connectivity index (χ3n) is 19.2. The van der Waals surface area contributed by atoms with Crippen molar-refractivity contribution in [2.45, 2.75) is 181 Å². The summed E-state index contributed by atoms with van der Waals surface area (Å²) in [6.45, 7) is 4.82. The first-order valence-corrected chi connectivity index (χ1v) is 29.3. The lowest BCUT2D eigenvalue weighted by molar-refractivity contribution is -0.306. The smallest absolute Gasteiger partial charge is 0.235 e. The largest absolute Gasteiger partial charge is 0.394 e. The summed E-state index contributed by atoms with van der Waals surface area (Å²) in [6.07, 6.45) is -34.3. The molecule has 32 heteroatoms. The molecule has 0 aromatic carbocycles. The van der Waals surface area contributed by atoms with Gasteiger partial charge in [0, 0.05) is 69.0 Å². The van der Waals surface area contributed by atoms with Crippen molar-refractivity contribution >= 4 is 23.6 Å². The van der Waals surface area contributed by atoms with Crippen LogP contribution in [0, 0.1) is 47.3 Å². The molecule has 10 rings (SSSR count). The first-order chi connectivity index (χ1) is 40.4. The highest BCUT2D eigenvalue weighted by atomic mass is 16.7. The number of imide groups is 2. The van der Waals surface area contributed by atoms with E-state index in [1.165, 1.54) is 13.8 Å². The van der Waals surface area contributed by atoms with Gasteiger partial charge in [0.05, 0.1) is 99.9 Å². The van der Waals surface area contributed by atoms with Crippen molar-refractivity contribution in [2.75, 3.05) is 78.9 Å². The van der Waals surface area contributed by atoms with Crippen molar-refractivity contribution in [3.8, 4) is 0 Å². The molecule has 85 heavy (non-hydrogen) atoms. The number of amides is 4. The van der Waals surface area contributed by atoms with Crippen LogP contribution in [-0.2, 0) is 66.5 Å². The Morgan fingerprint density at radius 3 is 1.01 bits per heavy atom. The van der Waals surface area contributed by atoms with Gasteiger partial charge in [0.25, 0.3) is 0 Å². The standard InChI is InChI=1S/C53H84N4O28/c1-17(2)54-5-6-55(7-9-56-46(72)26-28(48(56)74)44-22(15-78-52-40(70)36(66)32(62)24(11-58)82-52)20(42(26)84-44)13-76-50-38(68)34(64)30(60)18(3)80-50)8-10-57-47(73)27-29(49(57)75)45-23(16-79-53-41(71)37(67)33(63)25(12-59)83-53)21(43(27)85-45)14-77-51-39(69)35(65)31(61)19(4)81-51/h17-45,50-54,58-71H,5-16H2,1-4H3/t18-,19-,20?,21?,22?,23?,24?,25?,26?,27?,28?,29?,30+,31+,32-,33-,34?,35?,36-,37-,38?,39?,40?,41?,42?,43?,44?,45?,50-,51-,52+,53+/m0/s1. The highest BCUT2D eigenvalue weighted by Crippen LogP contribution is 2.56. The predicted octanol–water partition coefficient (Wildman–Crippen LogP) is -10.2. The number of hydrogen-bond acceptors (Lipinski definition) is 30. The quantitative estimate of drug-likeness (QED) is 0.0399. The Morgan fingerprint density at radius 2 is 0.718 bits per heavy atom. The number of hydrogen-bond donors (Lipinski definition) is 15. The normalized spacial score (nSPS) is 48.7. The summed E-state index contributed by atoms with van der Waals surface area (Å²) in [5, 5.41) is 149. The molecule has 0 radical (unpaired) electrons. The molecule has 0 aliphatic carbocycles. The van der Waals surface area contributed by atoms with Crippen molar-refractivity contribution < 1.29 is 138 Å². The molecule has 10 fully saturated rings. The summed E-state index contributed by atoms with van der Waals surface area (Å²) in [5.74, 6) is -9.39. The Morgan fingerprint density at radius 1 is 0.424 bits per heavy atom. The van der Waals surface area contributed by atoms with E-state index in [4.69, 9.17) is 47.4 Å². The second kappa shape index (κ2) is 26.6. The van der Waals surface area contributed by atoms with Crippen LogP contribution in [0.5, 0.6) is 0 Å². The van der Waals surface area contributed by atoms with E-state index in [1.807, 2.05) is 18.7 Å². The number of carbonyl (C=O) groups is 4. The van der Waals surface area contributed by atoms with E-state index >= 15 is 0 Å². The molecule has 0 aromatic rings. The predicted molar refractivity (Wildman–Crippen MR) is 274 cm³/mol. The summed E-state index contributed by atoms with van der Waals surface area (Å²) < 4.78 is 59.2. The molecule has 0 spiro atoms. The SMILES string of the molecule is CC(C)NCCN(CCN1C(=O)C2C3OC(C(CO[C@@H]4OC(CO)[C@H](O)[C@H](O)C4O)C3CO[C@H]3O[C@@H](C)[C@@H](O)C(O)C3O)C2C1=O)CCN1C(=O)C2C3OC(C(CO[C@@H]4OC(CO)[C@H](O)[C@H](O)C4O)C3CO[C@H]3O[C@@H](C)[C@@H](O)C(O)C3O)C2C1=O. The van der Waals surface area contributed by atoms with Gasteiger partial charge in [-0.05, 0) is 13.8 Å². The fourth-order valence-corrected chi connectivity index (χ4v) is 14.3. The van der Waals surface area contributed by atoms with Crippen molar-refractivity contribution in [3.05, 3.63) is 0 Å². The highest BCUT2D eigenvalue weighted by Gasteiger charge is 2.71. The van der Waals surface area contributed by atoms with Crippen molar-refractivity contribution in [3.63, 3.8) is 0 Å². The molecule has 10 aliphatic heterocycles. The molecule has 32 atom stereocenters. The minimum Gasteiger partial charge on any atom is -0.394 e. The van der Waals surface area contributed by atoms with Crippen molar-refractivity contribution in [1.82, 2.24) is 20.0 Å². The molecule has 20 unspecified atom stereocenters. The average molecular weight is 1230 g/mol. The number of ether oxygens (including phenoxy) is 10. The van der Waals surface area contributed by atoms with E-state index in [2.05, 4.69) is 5.32 Å². The highest BCUT2D eigenvalue weighted by molar-refractivity contribution is 6.07. The lowest BCUT2D eigenvalue weighted by Gasteiger charge is -2.41. The summed E-state index contributed by atoms with van der Waals surface area (Å²) >= 11 is 0. The summed E-state index contributed by atoms with van der Waals surface area (Å²) in [4.78, 5) is 62.4. The van der Waals surface area contributed by atoms with Crippen LogP contribution in [0.15, 0.2) is 0 Å². The Balaban J connectivity index is 0.823. The third-order valence-corrected chi connectivity index (χ3v) is 19.2. The van der Waals surface area contributed by atoms with Crippen LogP contribution in [0.25, 0.3) is 0 Å². The van der Waals surface area contributed by atoms with E-state index in [0.717, 1.165) is 9.80 Å². The van der Waals surface area contributed by atoms with Crippen LogP contribution < -0.4 is 5.32 Å². The van der Waals surface area contributed by atoms with Gasteiger partial charge in [0.1, 0.15) is 85.5 Å². The Bertz CT molecular complexity index is 2180. The van der Waals surface area contributed by atoms with Gasteiger partial charge in [-0.3, -0.25) is 33.9 Å². The fraction of sp³-hybridized carbons (Fsp3) is 0.925. The van der Waals surface area contributed by atoms with E-state index in [-0.39, 0.29) is 58.6 Å². The zero-order valence-corrected chi connectivity index (χ0v) is 47.4. The molecule has 32 nitrogen and oxygen atoms in total. The summed E-state index contributed by atoms with van der Waals surface area (Å²) in [5.41, 5.74) is 0. The maximum atomic E-state index is 14.6. The van der Waals surface area contributed by atoms with E-state index < -0.39 is 231 Å². The molecule has 0 saturated carbocycles. The molecule has 4 amide bonds. The number of rotatable bonds is 24. The lowest BCUT2D eigenvalue weighted by Crippen LogP contribution is -2.59. The number of likely N-dealkylation sites (tertiary alicyclic amines) is 2. The van der Waals surface area contributed by atoms with Gasteiger partial charge in [0.2, 0.25) is 23.6 Å². The summed E-state index contributed by atoms with van der Waals surface area (Å²) in [6, 6.07) is 0.0557. The lowest BCUT2D eigenvalue weighted by atomic mass is 9.69. The number of aliphatic hydroxyl groups is 14. The van der Waals surface area contributed by atoms with Crippen LogP contribution in [-0.4, -0.2) is 342 Å². The monoisotopic (exact) mass is 1220 g/mol. The second-order valence-electron chi connectivity index (χ2n) is 24.6. The van der Waals surface area contributed by atoms with Crippen LogP contribution in [0.1, 0.15) is 27.7 Å². The van der Waals surface area contributed by atoms with Gasteiger partial charge in [-0.2, -0.15) is 0 Å². The molecule has 484 valence electrons. The molecule has 0 aromatic heterocycles. The Kier molecular flexibility index (Phi) is 20.4. The van der Waals surface area contributed by atoms with Crippen LogP contribution >= 0.6 is 0 Å². The molecular weight excluding hydrogens is 1140 g/mol. The number of nitrogens with one attached hydrogen (secondary N) is 1. The number of fused-ring (bicyclic) bond motifs is 10. The fourth-order valence-electron chi connectivity index (χ4n) is 14.3. The van der Waals surface area contributed by atoms with E-state index in [9.17, 15) is 90.7 Å². The maximum absolute atomic E-state index is 14.6. The molecule has 10 saturated heterocycles. The zero-order chi connectivity index (χ0) is 61.4. The van der Waals surface area contributed by atoms with E-state index in [1.54, 1.807) is 0 Å². The van der Waals surface area contributed by atoms with Gasteiger partial charge >= 0.3 is 0 Å². The van der Waals surface area contributed by atoms with Crippen LogP contribution in [0.3, 0.4) is 0 Å². The maximum Gasteiger partial charge on any atom is 0.235 e. The zero-order valence-electron chi connectivity index (χ0n) is 47.4. The first-order valence-electron chi connectivity index (χ1n) is 29.3. The first kappa shape index (κ1) is 65.2. The van der Waals surface area contributed by atoms with Gasteiger partial charge in [-0.15, -0.1) is 0 Å².